The number of aromatic nitrogens is 1. The van der Waals surface area contributed by atoms with Crippen LogP contribution in [0.4, 0.5) is 0 Å². The van der Waals surface area contributed by atoms with Gasteiger partial charge in [0.2, 0.25) is 21.8 Å². The van der Waals surface area contributed by atoms with Crippen molar-refractivity contribution in [2.45, 2.75) is 83.2 Å². The van der Waals surface area contributed by atoms with Crippen LogP contribution in [0.2, 0.25) is 0 Å². The topological polar surface area (TPSA) is 111 Å². The molecule has 1 aromatic heterocycles. The van der Waals surface area contributed by atoms with Crippen molar-refractivity contribution in [2.24, 2.45) is 5.92 Å². The summed E-state index contributed by atoms with van der Waals surface area (Å²) in [5.41, 5.74) is 4.04. The summed E-state index contributed by atoms with van der Waals surface area (Å²) in [5.74, 6) is -0.216. The number of carbonyl (C=O) groups excluding carboxylic acids is 2. The van der Waals surface area contributed by atoms with Gasteiger partial charge in [-0.25, -0.2) is 8.42 Å². The van der Waals surface area contributed by atoms with E-state index in [1.54, 1.807) is 16.4 Å². The third-order valence-corrected chi connectivity index (χ3v) is 10.2. The fraction of sp³-hybridized carbons (Fsp3) is 0.405. The van der Waals surface area contributed by atoms with Crippen LogP contribution in [0.3, 0.4) is 0 Å². The van der Waals surface area contributed by atoms with Crippen molar-refractivity contribution in [3.05, 3.63) is 102 Å². The van der Waals surface area contributed by atoms with Gasteiger partial charge in [-0.15, -0.1) is 0 Å². The molecule has 4 rings (SSSR count). The maximum absolute atomic E-state index is 13.5. The van der Waals surface area contributed by atoms with Gasteiger partial charge in [0.1, 0.15) is 6.04 Å². The molecule has 8 nitrogen and oxygen atoms in total. The lowest BCUT2D eigenvalue weighted by molar-refractivity contribution is -0.129. The summed E-state index contributed by atoms with van der Waals surface area (Å²) >= 11 is 0. The average Bonchev–Trinajstić information content (AvgIpc) is 3.45. The molecule has 4 aromatic rings. The second kappa shape index (κ2) is 16.6. The Labute approximate surface area is 274 Å². The number of sulfonamides is 1. The summed E-state index contributed by atoms with van der Waals surface area (Å²) < 4.78 is 28.7. The zero-order valence-electron chi connectivity index (χ0n) is 27.5. The second-order valence-electron chi connectivity index (χ2n) is 12.6. The minimum Gasteiger partial charge on any atom is -0.361 e. The molecule has 0 fully saturated rings. The number of unbranched alkanes of at least 4 members (excludes halogenated alkanes) is 1. The number of hydrogen-bond donors (Lipinski definition) is 3. The highest BCUT2D eigenvalue weighted by molar-refractivity contribution is 7.89. The molecule has 2 atom stereocenters. The van der Waals surface area contributed by atoms with E-state index in [1.807, 2.05) is 101 Å². The van der Waals surface area contributed by atoms with E-state index in [0.717, 1.165) is 34.0 Å². The van der Waals surface area contributed by atoms with Gasteiger partial charge in [-0.3, -0.25) is 9.59 Å². The van der Waals surface area contributed by atoms with Gasteiger partial charge >= 0.3 is 0 Å². The summed E-state index contributed by atoms with van der Waals surface area (Å²) in [6.45, 7) is 8.81. The molecule has 0 radical (unpaired) electrons. The number of rotatable bonds is 17. The fourth-order valence-corrected chi connectivity index (χ4v) is 7.49. The monoisotopic (exact) mass is 644 g/mol. The average molecular weight is 645 g/mol. The number of aromatic amines is 1. The number of carbonyl (C=O) groups is 2. The Morgan fingerprint density at radius 1 is 0.891 bits per heavy atom. The first kappa shape index (κ1) is 34.9. The van der Waals surface area contributed by atoms with Crippen molar-refractivity contribution in [3.8, 4) is 0 Å². The number of aryl methyl sites for hydroxylation is 2. The zero-order valence-corrected chi connectivity index (χ0v) is 28.3. The van der Waals surface area contributed by atoms with Crippen molar-refractivity contribution in [2.75, 3.05) is 13.1 Å². The molecular formula is C37H48N4O4S. The lowest BCUT2D eigenvalue weighted by Gasteiger charge is -2.30. The number of amides is 2. The van der Waals surface area contributed by atoms with Crippen LogP contribution in [-0.4, -0.2) is 54.7 Å². The summed E-state index contributed by atoms with van der Waals surface area (Å²) in [6.07, 6.45) is 5.26. The van der Waals surface area contributed by atoms with E-state index in [-0.39, 0.29) is 30.2 Å². The molecule has 0 spiro atoms. The van der Waals surface area contributed by atoms with Crippen LogP contribution in [-0.2, 0) is 32.5 Å². The third kappa shape index (κ3) is 9.77. The van der Waals surface area contributed by atoms with Crippen molar-refractivity contribution in [1.82, 2.24) is 19.9 Å². The normalized spacial score (nSPS) is 13.2. The van der Waals surface area contributed by atoms with Crippen molar-refractivity contribution < 1.29 is 18.0 Å². The number of fused-ring (bicyclic) bond motifs is 1. The number of H-pyrrole nitrogens is 1. The Morgan fingerprint density at radius 2 is 1.59 bits per heavy atom. The lowest BCUT2D eigenvalue weighted by Crippen LogP contribution is -2.48. The van der Waals surface area contributed by atoms with Crippen LogP contribution in [0.15, 0.2) is 90.0 Å². The van der Waals surface area contributed by atoms with Crippen LogP contribution in [0.1, 0.15) is 63.1 Å². The molecule has 0 bridgehead atoms. The Bertz CT molecular complexity index is 1670. The highest BCUT2D eigenvalue weighted by Gasteiger charge is 2.29. The van der Waals surface area contributed by atoms with Gasteiger partial charge in [0.25, 0.3) is 0 Å². The van der Waals surface area contributed by atoms with Gasteiger partial charge in [-0.05, 0) is 68.4 Å². The van der Waals surface area contributed by atoms with E-state index in [1.165, 1.54) is 0 Å². The van der Waals surface area contributed by atoms with E-state index < -0.39 is 16.1 Å². The van der Waals surface area contributed by atoms with E-state index in [0.29, 0.717) is 43.7 Å². The zero-order chi connectivity index (χ0) is 33.1. The maximum atomic E-state index is 13.5. The number of para-hydroxylation sites is 1. The second-order valence-corrected chi connectivity index (χ2v) is 14.5. The molecular weight excluding hydrogens is 596 g/mol. The standard InChI is InChI=1S/C37H48N4O4S/c1-27(2)26-41(46(44,45)32-20-17-28(3)18-21-32)29(4)12-10-11-23-38-37(43)35(24-31-25-39-34-16-9-8-15-33(31)34)40-36(42)22-19-30-13-6-5-7-14-30/h5-9,13-18,20-21,25,27,29,35,39H,10-12,19,22-24,26H2,1-4H3,(H,38,43)(H,40,42)/t29-,35+/m1/s1. The van der Waals surface area contributed by atoms with Gasteiger partial charge in [-0.1, -0.05) is 86.5 Å². The van der Waals surface area contributed by atoms with E-state index in [2.05, 4.69) is 15.6 Å². The molecule has 1 heterocycles. The summed E-state index contributed by atoms with van der Waals surface area (Å²) in [5, 5.41) is 7.03. The molecule has 0 aliphatic heterocycles. The predicted molar refractivity (Wildman–Crippen MR) is 185 cm³/mol. The molecule has 246 valence electrons. The maximum Gasteiger partial charge on any atom is 0.243 e. The summed E-state index contributed by atoms with van der Waals surface area (Å²) in [6, 6.07) is 23.8. The van der Waals surface area contributed by atoms with Crippen LogP contribution >= 0.6 is 0 Å². The van der Waals surface area contributed by atoms with Crippen LogP contribution in [0.25, 0.3) is 10.9 Å². The van der Waals surface area contributed by atoms with Gasteiger partial charge in [-0.2, -0.15) is 4.31 Å². The number of hydrogen-bond acceptors (Lipinski definition) is 4. The van der Waals surface area contributed by atoms with Crippen molar-refractivity contribution in [3.63, 3.8) is 0 Å². The van der Waals surface area contributed by atoms with Crippen LogP contribution in [0.5, 0.6) is 0 Å². The smallest absolute Gasteiger partial charge is 0.243 e. The van der Waals surface area contributed by atoms with E-state index >= 15 is 0 Å². The molecule has 0 saturated carbocycles. The lowest BCUT2D eigenvalue weighted by atomic mass is 10.0. The fourth-order valence-electron chi connectivity index (χ4n) is 5.66. The van der Waals surface area contributed by atoms with Gasteiger partial charge in [0.15, 0.2) is 0 Å². The SMILES string of the molecule is Cc1ccc(S(=O)(=O)N(CC(C)C)[C@H](C)CCCCNC(=O)[C@H](Cc2c[nH]c3ccccc23)NC(=O)CCc2ccccc2)cc1. The predicted octanol–water partition coefficient (Wildman–Crippen LogP) is 6.16. The van der Waals surface area contributed by atoms with E-state index in [9.17, 15) is 18.0 Å². The Balaban J connectivity index is 1.34. The Kier molecular flexibility index (Phi) is 12.6. The minimum atomic E-state index is -3.63. The number of benzene rings is 3. The Hall–Kier alpha value is -3.95. The molecule has 2 amide bonds. The first-order valence-electron chi connectivity index (χ1n) is 16.3. The molecule has 46 heavy (non-hydrogen) atoms. The van der Waals surface area contributed by atoms with Crippen molar-refractivity contribution in [1.29, 1.82) is 0 Å². The highest BCUT2D eigenvalue weighted by Crippen LogP contribution is 2.23. The molecule has 0 aliphatic rings. The van der Waals surface area contributed by atoms with Gasteiger partial charge in [0.05, 0.1) is 4.90 Å². The van der Waals surface area contributed by atoms with Crippen LogP contribution in [0, 0.1) is 12.8 Å². The van der Waals surface area contributed by atoms with Gasteiger partial charge in [0, 0.05) is 49.1 Å². The number of nitrogens with one attached hydrogen (secondary N) is 3. The quantitative estimate of drug-likeness (QED) is 0.120. The van der Waals surface area contributed by atoms with Gasteiger partial charge < -0.3 is 15.6 Å². The molecule has 3 N–H and O–H groups in total. The minimum absolute atomic E-state index is 0.169. The number of nitrogens with zero attached hydrogens (tertiary/aromatic N) is 1. The molecule has 3 aromatic carbocycles. The summed E-state index contributed by atoms with van der Waals surface area (Å²) in [7, 11) is -3.63. The molecule has 0 unspecified atom stereocenters. The molecule has 0 saturated heterocycles. The van der Waals surface area contributed by atoms with E-state index in [4.69, 9.17) is 0 Å². The highest BCUT2D eigenvalue weighted by atomic mass is 32.2. The van der Waals surface area contributed by atoms with Crippen molar-refractivity contribution >= 4 is 32.7 Å². The third-order valence-electron chi connectivity index (χ3n) is 8.25. The Morgan fingerprint density at radius 3 is 2.30 bits per heavy atom. The first-order chi connectivity index (χ1) is 22.0. The largest absolute Gasteiger partial charge is 0.361 e. The summed E-state index contributed by atoms with van der Waals surface area (Å²) in [4.78, 5) is 30.0. The molecule has 0 aliphatic carbocycles. The first-order valence-corrected chi connectivity index (χ1v) is 17.7. The van der Waals surface area contributed by atoms with Crippen LogP contribution < -0.4 is 10.6 Å². The molecule has 9 heteroatoms.